The normalized spacial score (nSPS) is 42.6. The number of carbonyl (C=O) groups is 1. The molecule has 5 aliphatic carbocycles. The largest absolute Gasteiger partial charge is 0.456 e. The van der Waals surface area contributed by atoms with Crippen LogP contribution < -0.4 is 0 Å². The van der Waals surface area contributed by atoms with Crippen LogP contribution in [0.15, 0.2) is 36.4 Å². The van der Waals surface area contributed by atoms with E-state index in [2.05, 4.69) is 37.3 Å². The molecule has 4 saturated carbocycles. The fourth-order valence-corrected chi connectivity index (χ4v) is 7.80. The van der Waals surface area contributed by atoms with Gasteiger partial charge in [-0.25, -0.2) is 4.79 Å². The van der Waals surface area contributed by atoms with E-state index in [1.54, 1.807) is 0 Å². The minimum atomic E-state index is -0.248. The van der Waals surface area contributed by atoms with Gasteiger partial charge >= 0.3 is 5.97 Å². The molecule has 0 amide bonds. The molecule has 1 aromatic carbocycles. The van der Waals surface area contributed by atoms with Crippen LogP contribution in [0, 0.1) is 35.5 Å². The lowest BCUT2D eigenvalue weighted by Gasteiger charge is -2.37. The van der Waals surface area contributed by atoms with Gasteiger partial charge in [-0.15, -0.1) is 0 Å². The molecular weight excluding hydrogens is 332 g/mol. The van der Waals surface area contributed by atoms with Gasteiger partial charge in [0.05, 0.1) is 5.56 Å². The molecule has 142 valence electrons. The highest BCUT2D eigenvalue weighted by molar-refractivity contribution is 5.90. The van der Waals surface area contributed by atoms with Crippen molar-refractivity contribution in [3.05, 3.63) is 47.5 Å². The molecule has 4 fully saturated rings. The first-order valence-corrected chi connectivity index (χ1v) is 11.1. The highest BCUT2D eigenvalue weighted by atomic mass is 16.6. The molecule has 0 saturated heterocycles. The SMILES string of the molecule is CC1(OC(=O)c2cccc(C3CC4CC3C3C5C=CC(C5)C43)c2)CCCC1. The van der Waals surface area contributed by atoms with E-state index >= 15 is 0 Å². The number of hydrogen-bond acceptors (Lipinski definition) is 2. The van der Waals surface area contributed by atoms with E-state index in [-0.39, 0.29) is 11.6 Å². The minimum Gasteiger partial charge on any atom is -0.456 e. The molecule has 0 N–H and O–H groups in total. The molecule has 7 unspecified atom stereocenters. The molecule has 7 atom stereocenters. The van der Waals surface area contributed by atoms with Crippen molar-refractivity contribution in [2.45, 2.75) is 63.4 Å². The van der Waals surface area contributed by atoms with Crippen LogP contribution >= 0.6 is 0 Å². The summed E-state index contributed by atoms with van der Waals surface area (Å²) in [5.74, 6) is 5.88. The van der Waals surface area contributed by atoms with Crippen LogP contribution in [-0.4, -0.2) is 11.6 Å². The maximum absolute atomic E-state index is 12.8. The molecule has 2 nitrogen and oxygen atoms in total. The van der Waals surface area contributed by atoms with E-state index in [0.29, 0.717) is 5.92 Å². The van der Waals surface area contributed by atoms with Crippen molar-refractivity contribution in [2.24, 2.45) is 35.5 Å². The Hall–Kier alpha value is -1.57. The predicted molar refractivity (Wildman–Crippen MR) is 105 cm³/mol. The second-order valence-corrected chi connectivity index (χ2v) is 10.3. The van der Waals surface area contributed by atoms with Gasteiger partial charge < -0.3 is 4.74 Å². The summed E-state index contributed by atoms with van der Waals surface area (Å²) in [7, 11) is 0. The Morgan fingerprint density at radius 2 is 1.81 bits per heavy atom. The number of hydrogen-bond donors (Lipinski definition) is 0. The van der Waals surface area contributed by atoms with E-state index in [0.717, 1.165) is 53.9 Å². The lowest BCUT2D eigenvalue weighted by Crippen LogP contribution is -2.30. The zero-order valence-electron chi connectivity index (χ0n) is 16.3. The van der Waals surface area contributed by atoms with Gasteiger partial charge in [0.15, 0.2) is 0 Å². The van der Waals surface area contributed by atoms with Gasteiger partial charge in [0.1, 0.15) is 5.60 Å². The summed E-state index contributed by atoms with van der Waals surface area (Å²) in [6.45, 7) is 2.10. The van der Waals surface area contributed by atoms with Gasteiger partial charge in [-0.05, 0) is 111 Å². The van der Waals surface area contributed by atoms with E-state index < -0.39 is 0 Å². The van der Waals surface area contributed by atoms with E-state index in [1.165, 1.54) is 37.7 Å². The van der Waals surface area contributed by atoms with Crippen molar-refractivity contribution < 1.29 is 9.53 Å². The monoisotopic (exact) mass is 362 g/mol. The van der Waals surface area contributed by atoms with Crippen molar-refractivity contribution >= 4 is 5.97 Å². The molecule has 0 aromatic heterocycles. The zero-order valence-corrected chi connectivity index (χ0v) is 16.3. The first-order valence-electron chi connectivity index (χ1n) is 11.1. The van der Waals surface area contributed by atoms with E-state index in [9.17, 15) is 4.79 Å². The number of rotatable bonds is 3. The summed E-state index contributed by atoms with van der Waals surface area (Å²) >= 11 is 0. The molecule has 0 spiro atoms. The number of carbonyl (C=O) groups excluding carboxylic acids is 1. The average Bonchev–Trinajstić information content (AvgIpc) is 3.46. The Morgan fingerprint density at radius 3 is 2.63 bits per heavy atom. The highest BCUT2D eigenvalue weighted by Gasteiger charge is 2.61. The van der Waals surface area contributed by atoms with Gasteiger partial charge in [0.2, 0.25) is 0 Å². The van der Waals surface area contributed by atoms with Gasteiger partial charge in [-0.1, -0.05) is 24.3 Å². The molecule has 2 heteroatoms. The molecule has 0 heterocycles. The lowest BCUT2D eigenvalue weighted by molar-refractivity contribution is -0.00610. The third kappa shape index (κ3) is 2.41. The van der Waals surface area contributed by atoms with Gasteiger partial charge in [-0.3, -0.25) is 0 Å². The van der Waals surface area contributed by atoms with Crippen molar-refractivity contribution in [1.29, 1.82) is 0 Å². The molecular formula is C25H30O2. The standard InChI is InChI=1S/C25H30O2/c1-25(9-2-3-10-25)27-24(26)18-6-4-5-15(11-18)20-13-19-14-21(20)23-17-8-7-16(12-17)22(19)23/h4-8,11,16-17,19-23H,2-3,9-10,12-14H2,1H3. The van der Waals surface area contributed by atoms with Crippen molar-refractivity contribution in [2.75, 3.05) is 0 Å². The summed E-state index contributed by atoms with van der Waals surface area (Å²) in [4.78, 5) is 12.8. The quantitative estimate of drug-likeness (QED) is 0.389. The third-order valence-corrected chi connectivity index (χ3v) is 8.82. The maximum Gasteiger partial charge on any atom is 0.338 e. The number of benzene rings is 1. The van der Waals surface area contributed by atoms with Crippen LogP contribution in [0.2, 0.25) is 0 Å². The topological polar surface area (TPSA) is 26.3 Å². The first-order chi connectivity index (χ1) is 13.1. The van der Waals surface area contributed by atoms with Crippen molar-refractivity contribution in [3.63, 3.8) is 0 Å². The summed E-state index contributed by atoms with van der Waals surface area (Å²) < 4.78 is 5.93. The molecule has 0 radical (unpaired) electrons. The van der Waals surface area contributed by atoms with Crippen LogP contribution in [0.25, 0.3) is 0 Å². The highest BCUT2D eigenvalue weighted by Crippen LogP contribution is 2.68. The van der Waals surface area contributed by atoms with Crippen LogP contribution in [0.1, 0.15) is 73.7 Å². The average molecular weight is 363 g/mol. The van der Waals surface area contributed by atoms with Crippen molar-refractivity contribution in [1.82, 2.24) is 0 Å². The van der Waals surface area contributed by atoms with E-state index in [1.807, 2.05) is 6.07 Å². The lowest BCUT2D eigenvalue weighted by atomic mass is 9.68. The molecule has 5 aliphatic rings. The summed E-state index contributed by atoms with van der Waals surface area (Å²) in [6, 6.07) is 8.44. The summed E-state index contributed by atoms with van der Waals surface area (Å²) in [5, 5.41) is 0. The molecule has 0 aliphatic heterocycles. The van der Waals surface area contributed by atoms with Crippen LogP contribution in [-0.2, 0) is 4.74 Å². The molecule has 27 heavy (non-hydrogen) atoms. The van der Waals surface area contributed by atoms with Crippen LogP contribution in [0.5, 0.6) is 0 Å². The van der Waals surface area contributed by atoms with Gasteiger partial charge in [0.25, 0.3) is 0 Å². The second kappa shape index (κ2) is 5.72. The fourth-order valence-electron chi connectivity index (χ4n) is 7.80. The summed E-state index contributed by atoms with van der Waals surface area (Å²) in [5.41, 5.74) is 1.90. The molecule has 6 rings (SSSR count). The van der Waals surface area contributed by atoms with Crippen LogP contribution in [0.4, 0.5) is 0 Å². The van der Waals surface area contributed by atoms with Gasteiger partial charge in [0, 0.05) is 0 Å². The number of esters is 1. The predicted octanol–water partition coefficient (Wildman–Crippen LogP) is 5.74. The number of fused-ring (bicyclic) bond motifs is 9. The minimum absolute atomic E-state index is 0.120. The zero-order chi connectivity index (χ0) is 18.2. The first kappa shape index (κ1) is 16.4. The van der Waals surface area contributed by atoms with Crippen molar-refractivity contribution in [3.8, 4) is 0 Å². The summed E-state index contributed by atoms with van der Waals surface area (Å²) in [6.07, 6.45) is 13.6. The van der Waals surface area contributed by atoms with Gasteiger partial charge in [-0.2, -0.15) is 0 Å². The molecule has 4 bridgehead atoms. The second-order valence-electron chi connectivity index (χ2n) is 10.3. The Labute approximate surface area is 162 Å². The third-order valence-electron chi connectivity index (χ3n) is 8.82. The Morgan fingerprint density at radius 1 is 1.04 bits per heavy atom. The smallest absolute Gasteiger partial charge is 0.338 e. The number of allylic oxidation sites excluding steroid dienone is 2. The van der Waals surface area contributed by atoms with E-state index in [4.69, 9.17) is 4.74 Å². The Kier molecular flexibility index (Phi) is 3.47. The Balaban J connectivity index is 1.23. The maximum atomic E-state index is 12.8. The number of ether oxygens (including phenoxy) is 1. The fraction of sp³-hybridized carbons (Fsp3) is 0.640. The Bertz CT molecular complexity index is 802. The van der Waals surface area contributed by atoms with Crippen LogP contribution in [0.3, 0.4) is 0 Å². The molecule has 1 aromatic rings.